The van der Waals surface area contributed by atoms with Gasteiger partial charge in [-0.1, -0.05) is 38.0 Å². The molecule has 18 heavy (non-hydrogen) atoms. The number of hydrogen-bond acceptors (Lipinski definition) is 1. The Kier molecular flexibility index (Phi) is 4.35. The Labute approximate surface area is 110 Å². The fourth-order valence-corrected chi connectivity index (χ4v) is 2.85. The molecule has 0 spiro atoms. The number of aryl methyl sites for hydroxylation is 2. The zero-order valence-electron chi connectivity index (χ0n) is 11.3. The van der Waals surface area contributed by atoms with E-state index in [1.807, 2.05) is 6.08 Å². The molecule has 0 radical (unpaired) electrons. The number of hydrogen-bond donors (Lipinski definition) is 0. The number of rotatable bonds is 6. The van der Waals surface area contributed by atoms with Crippen LogP contribution in [0.5, 0.6) is 0 Å². The van der Waals surface area contributed by atoms with E-state index in [2.05, 4.69) is 25.6 Å². The molecule has 1 aliphatic carbocycles. The molecule has 1 aromatic carbocycles. The molecule has 0 saturated heterocycles. The summed E-state index contributed by atoms with van der Waals surface area (Å²) < 4.78 is 0. The van der Waals surface area contributed by atoms with E-state index in [4.69, 9.17) is 0 Å². The molecular weight excluding hydrogens is 220 g/mol. The van der Waals surface area contributed by atoms with Gasteiger partial charge in [-0.3, -0.25) is 4.79 Å². The molecule has 0 unspecified atom stereocenters. The molecule has 0 aliphatic heterocycles. The highest BCUT2D eigenvalue weighted by Gasteiger charge is 2.23. The average Bonchev–Trinajstić information content (AvgIpc) is 2.74. The van der Waals surface area contributed by atoms with Crippen LogP contribution in [-0.4, -0.2) is 5.78 Å². The van der Waals surface area contributed by atoms with Crippen molar-refractivity contribution in [1.29, 1.82) is 0 Å². The first-order valence-corrected chi connectivity index (χ1v) is 7.05. The van der Waals surface area contributed by atoms with Gasteiger partial charge in [-0.05, 0) is 42.4 Å². The van der Waals surface area contributed by atoms with Crippen LogP contribution < -0.4 is 0 Å². The molecule has 0 heterocycles. The minimum Gasteiger partial charge on any atom is -0.294 e. The minimum atomic E-state index is 0.333. The van der Waals surface area contributed by atoms with Gasteiger partial charge in [0.1, 0.15) is 0 Å². The Bertz CT molecular complexity index is 457. The van der Waals surface area contributed by atoms with E-state index < -0.39 is 0 Å². The zero-order chi connectivity index (χ0) is 13.0. The van der Waals surface area contributed by atoms with Crippen LogP contribution >= 0.6 is 0 Å². The van der Waals surface area contributed by atoms with Crippen molar-refractivity contribution >= 4 is 5.78 Å². The fraction of sp³-hybridized carbons (Fsp3) is 0.471. The lowest BCUT2D eigenvalue weighted by Gasteiger charge is -2.12. The summed E-state index contributed by atoms with van der Waals surface area (Å²) in [5.74, 6) is 0.333. The van der Waals surface area contributed by atoms with E-state index in [-0.39, 0.29) is 0 Å². The molecule has 96 valence electrons. The predicted molar refractivity (Wildman–Crippen MR) is 76.2 cm³/mol. The molecule has 1 heteroatoms. The summed E-state index contributed by atoms with van der Waals surface area (Å²) in [6.07, 6.45) is 9.18. The van der Waals surface area contributed by atoms with Gasteiger partial charge in [0.05, 0.1) is 0 Å². The van der Waals surface area contributed by atoms with Crippen molar-refractivity contribution in [3.05, 3.63) is 47.0 Å². The first-order valence-electron chi connectivity index (χ1n) is 7.05. The molecule has 1 aliphatic rings. The molecule has 0 saturated carbocycles. The van der Waals surface area contributed by atoms with Crippen molar-refractivity contribution in [3.8, 4) is 0 Å². The van der Waals surface area contributed by atoms with Crippen molar-refractivity contribution in [2.24, 2.45) is 0 Å². The van der Waals surface area contributed by atoms with Crippen LogP contribution in [0.25, 0.3) is 0 Å². The van der Waals surface area contributed by atoms with Crippen molar-refractivity contribution < 1.29 is 4.79 Å². The smallest absolute Gasteiger partial charge is 0.163 e. The van der Waals surface area contributed by atoms with Crippen molar-refractivity contribution in [1.82, 2.24) is 0 Å². The highest BCUT2D eigenvalue weighted by atomic mass is 16.1. The van der Waals surface area contributed by atoms with Crippen molar-refractivity contribution in [2.45, 2.75) is 51.9 Å². The SMILES string of the molecule is C=CCc1c(CCCCC)ccc2c1C(=O)CC2. The van der Waals surface area contributed by atoms with E-state index in [1.54, 1.807) is 0 Å². The fourth-order valence-electron chi connectivity index (χ4n) is 2.85. The Morgan fingerprint density at radius 3 is 2.83 bits per heavy atom. The Morgan fingerprint density at radius 2 is 2.11 bits per heavy atom. The van der Waals surface area contributed by atoms with Gasteiger partial charge in [0.25, 0.3) is 0 Å². The maximum Gasteiger partial charge on any atom is 0.163 e. The number of unbranched alkanes of at least 4 members (excludes halogenated alkanes) is 2. The molecule has 1 nitrogen and oxygen atoms in total. The summed E-state index contributed by atoms with van der Waals surface area (Å²) in [5, 5.41) is 0. The van der Waals surface area contributed by atoms with E-state index in [1.165, 1.54) is 36.0 Å². The van der Waals surface area contributed by atoms with Crippen molar-refractivity contribution in [3.63, 3.8) is 0 Å². The molecule has 0 amide bonds. The van der Waals surface area contributed by atoms with Gasteiger partial charge in [-0.15, -0.1) is 6.58 Å². The van der Waals surface area contributed by atoms with Gasteiger partial charge in [0.15, 0.2) is 5.78 Å². The van der Waals surface area contributed by atoms with Crippen LogP contribution in [0.2, 0.25) is 0 Å². The maximum absolute atomic E-state index is 12.0. The van der Waals surface area contributed by atoms with E-state index in [9.17, 15) is 4.79 Å². The van der Waals surface area contributed by atoms with Crippen molar-refractivity contribution in [2.75, 3.05) is 0 Å². The molecule has 0 atom stereocenters. The molecule has 2 rings (SSSR count). The lowest BCUT2D eigenvalue weighted by Crippen LogP contribution is -2.03. The Balaban J connectivity index is 2.31. The monoisotopic (exact) mass is 242 g/mol. The summed E-state index contributed by atoms with van der Waals surface area (Å²) >= 11 is 0. The molecule has 0 N–H and O–H groups in total. The third-order valence-electron chi connectivity index (χ3n) is 3.79. The second kappa shape index (κ2) is 5.99. The number of Topliss-reactive ketones (excluding diaryl/α,β-unsaturated/α-hetero) is 1. The van der Waals surface area contributed by atoms with E-state index in [0.29, 0.717) is 12.2 Å². The zero-order valence-corrected chi connectivity index (χ0v) is 11.3. The lowest BCUT2D eigenvalue weighted by molar-refractivity contribution is 0.0994. The first-order chi connectivity index (χ1) is 8.77. The van der Waals surface area contributed by atoms with Crippen LogP contribution in [0.15, 0.2) is 24.8 Å². The number of benzene rings is 1. The highest BCUT2D eigenvalue weighted by molar-refractivity contribution is 6.02. The standard InChI is InChI=1S/C17H22O/c1-3-5-6-8-13-9-10-14-11-12-16(18)17(14)15(13)7-4-2/h4,9-10H,2-3,5-8,11-12H2,1H3. The first kappa shape index (κ1) is 13.1. The van der Waals surface area contributed by atoms with Gasteiger partial charge in [-0.25, -0.2) is 0 Å². The van der Waals surface area contributed by atoms with Gasteiger partial charge in [0.2, 0.25) is 0 Å². The molecular formula is C17H22O. The molecule has 0 bridgehead atoms. The van der Waals surface area contributed by atoms with E-state index in [0.717, 1.165) is 24.8 Å². The summed E-state index contributed by atoms with van der Waals surface area (Å²) in [7, 11) is 0. The second-order valence-corrected chi connectivity index (χ2v) is 5.11. The number of carbonyl (C=O) groups excluding carboxylic acids is 1. The quantitative estimate of drug-likeness (QED) is 0.537. The van der Waals surface area contributed by atoms with Gasteiger partial charge in [0, 0.05) is 12.0 Å². The number of ketones is 1. The maximum atomic E-state index is 12.0. The number of fused-ring (bicyclic) bond motifs is 1. The third-order valence-corrected chi connectivity index (χ3v) is 3.79. The largest absolute Gasteiger partial charge is 0.294 e. The van der Waals surface area contributed by atoms with Crippen LogP contribution in [0.4, 0.5) is 0 Å². The summed E-state index contributed by atoms with van der Waals surface area (Å²) in [6, 6.07) is 4.39. The number of allylic oxidation sites excluding steroid dienone is 1. The Hall–Kier alpha value is -1.37. The minimum absolute atomic E-state index is 0.333. The summed E-state index contributed by atoms with van der Waals surface area (Å²) in [4.78, 5) is 12.0. The highest BCUT2D eigenvalue weighted by Crippen LogP contribution is 2.29. The summed E-state index contributed by atoms with van der Waals surface area (Å²) in [6.45, 7) is 6.05. The van der Waals surface area contributed by atoms with Crippen LogP contribution in [-0.2, 0) is 19.3 Å². The molecule has 0 fully saturated rings. The molecule has 0 aromatic heterocycles. The van der Waals surface area contributed by atoms with Crippen LogP contribution in [0.3, 0.4) is 0 Å². The van der Waals surface area contributed by atoms with Gasteiger partial charge >= 0.3 is 0 Å². The van der Waals surface area contributed by atoms with Gasteiger partial charge in [-0.2, -0.15) is 0 Å². The molecule has 1 aromatic rings. The second-order valence-electron chi connectivity index (χ2n) is 5.11. The van der Waals surface area contributed by atoms with Crippen LogP contribution in [0.1, 0.15) is 59.7 Å². The average molecular weight is 242 g/mol. The lowest BCUT2D eigenvalue weighted by atomic mass is 9.92. The van der Waals surface area contributed by atoms with Gasteiger partial charge < -0.3 is 0 Å². The Morgan fingerprint density at radius 1 is 1.28 bits per heavy atom. The van der Waals surface area contributed by atoms with E-state index >= 15 is 0 Å². The number of carbonyl (C=O) groups is 1. The normalized spacial score (nSPS) is 13.7. The third kappa shape index (κ3) is 2.55. The van der Waals surface area contributed by atoms with Crippen LogP contribution in [0, 0.1) is 0 Å². The topological polar surface area (TPSA) is 17.1 Å². The predicted octanol–water partition coefficient (Wildman–Crippen LogP) is 4.28. The summed E-state index contributed by atoms with van der Waals surface area (Å²) in [5.41, 5.74) is 4.87.